The minimum Gasteiger partial charge on any atom is -0.298 e. The van der Waals surface area contributed by atoms with Crippen LogP contribution in [0.4, 0.5) is 4.39 Å². The van der Waals surface area contributed by atoms with Crippen molar-refractivity contribution in [3.63, 3.8) is 0 Å². The van der Waals surface area contributed by atoms with Gasteiger partial charge in [-0.05, 0) is 70.8 Å². The van der Waals surface area contributed by atoms with Gasteiger partial charge in [-0.3, -0.25) is 9.69 Å². The van der Waals surface area contributed by atoms with Crippen molar-refractivity contribution in [1.82, 2.24) is 4.90 Å². The van der Waals surface area contributed by atoms with Gasteiger partial charge < -0.3 is 0 Å². The minimum absolute atomic E-state index is 0.155. The van der Waals surface area contributed by atoms with Crippen molar-refractivity contribution in [3.8, 4) is 0 Å². The molecule has 0 atom stereocenters. The molecule has 0 aromatic heterocycles. The number of nitrogens with zero attached hydrogens (tertiary/aromatic N) is 1. The third kappa shape index (κ3) is 2.08. The van der Waals surface area contributed by atoms with Gasteiger partial charge in [0, 0.05) is 16.5 Å². The normalized spacial score (nSPS) is 22.3. The summed E-state index contributed by atoms with van der Waals surface area (Å²) in [4.78, 5) is 15.1. The van der Waals surface area contributed by atoms with E-state index in [4.69, 9.17) is 0 Å². The first kappa shape index (κ1) is 13.7. The lowest BCUT2D eigenvalue weighted by atomic mass is 9.74. The first-order chi connectivity index (χ1) is 9.32. The van der Waals surface area contributed by atoms with Gasteiger partial charge in [-0.15, -0.1) is 0 Å². The van der Waals surface area contributed by atoms with Crippen molar-refractivity contribution in [2.45, 2.75) is 45.6 Å². The van der Waals surface area contributed by atoms with E-state index in [2.05, 4.69) is 25.7 Å². The molecule has 20 heavy (non-hydrogen) atoms. The highest BCUT2D eigenvalue weighted by Gasteiger charge is 2.47. The molecule has 0 bridgehead atoms. The molecule has 1 aromatic rings. The Balaban J connectivity index is 1.83. The van der Waals surface area contributed by atoms with Crippen LogP contribution in [-0.2, 0) is 6.42 Å². The highest BCUT2D eigenvalue weighted by atomic mass is 19.1. The number of likely N-dealkylation sites (tertiary alicyclic amines) is 1. The topological polar surface area (TPSA) is 20.3 Å². The van der Waals surface area contributed by atoms with Crippen LogP contribution in [0.3, 0.4) is 0 Å². The Labute approximate surface area is 120 Å². The summed E-state index contributed by atoms with van der Waals surface area (Å²) in [5.74, 6) is -0.137. The maximum Gasteiger partial charge on any atom is 0.169 e. The van der Waals surface area contributed by atoms with E-state index in [1.165, 1.54) is 12.1 Å². The second-order valence-electron chi connectivity index (χ2n) is 7.25. The molecule has 1 aromatic carbocycles. The predicted octanol–water partition coefficient (Wildman–Crippen LogP) is 3.45. The Hall–Kier alpha value is -1.22. The summed E-state index contributed by atoms with van der Waals surface area (Å²) < 4.78 is 13.3. The third-order valence-electron chi connectivity index (χ3n) is 5.00. The van der Waals surface area contributed by atoms with Crippen LogP contribution in [0, 0.1) is 11.2 Å². The van der Waals surface area contributed by atoms with Crippen LogP contribution >= 0.6 is 0 Å². The average molecular weight is 275 g/mol. The highest BCUT2D eigenvalue weighted by Crippen LogP contribution is 2.45. The molecule has 0 saturated carbocycles. The zero-order chi connectivity index (χ0) is 14.5. The number of hydrogen-bond donors (Lipinski definition) is 0. The summed E-state index contributed by atoms with van der Waals surface area (Å²) in [5, 5.41) is 0. The van der Waals surface area contributed by atoms with Crippen LogP contribution in [0.25, 0.3) is 0 Å². The van der Waals surface area contributed by atoms with Gasteiger partial charge in [0.2, 0.25) is 0 Å². The maximum atomic E-state index is 13.3. The van der Waals surface area contributed by atoms with Crippen molar-refractivity contribution < 1.29 is 9.18 Å². The Morgan fingerprint density at radius 3 is 2.45 bits per heavy atom. The first-order valence-electron chi connectivity index (χ1n) is 7.40. The number of carbonyl (C=O) groups excluding carboxylic acids is 1. The molecule has 1 heterocycles. The quantitative estimate of drug-likeness (QED) is 0.723. The van der Waals surface area contributed by atoms with Crippen molar-refractivity contribution in [2.24, 2.45) is 5.41 Å². The van der Waals surface area contributed by atoms with Crippen molar-refractivity contribution in [3.05, 3.63) is 35.1 Å². The Kier molecular flexibility index (Phi) is 3.02. The number of Topliss-reactive ketones (excluding diaryl/α,β-unsaturated/α-hetero) is 1. The summed E-state index contributed by atoms with van der Waals surface area (Å²) in [7, 11) is 0. The molecule has 0 radical (unpaired) electrons. The lowest BCUT2D eigenvalue weighted by molar-refractivity contribution is 0.0394. The van der Waals surface area contributed by atoms with Crippen molar-refractivity contribution in [1.29, 1.82) is 0 Å². The molecule has 108 valence electrons. The van der Waals surface area contributed by atoms with Crippen LogP contribution in [-0.4, -0.2) is 29.3 Å². The molecule has 1 aliphatic carbocycles. The number of hydrogen-bond acceptors (Lipinski definition) is 2. The summed E-state index contributed by atoms with van der Waals surface area (Å²) in [6.45, 7) is 8.54. The number of fused-ring (bicyclic) bond motifs is 1. The van der Waals surface area contributed by atoms with Crippen LogP contribution in [0.2, 0.25) is 0 Å². The number of halogens is 1. The van der Waals surface area contributed by atoms with Crippen LogP contribution in [0.5, 0.6) is 0 Å². The smallest absolute Gasteiger partial charge is 0.169 e. The monoisotopic (exact) mass is 275 g/mol. The molecular formula is C17H22FNO. The molecule has 2 aliphatic rings. The Morgan fingerprint density at radius 1 is 1.20 bits per heavy atom. The second-order valence-corrected chi connectivity index (χ2v) is 7.25. The number of benzene rings is 1. The van der Waals surface area contributed by atoms with E-state index >= 15 is 0 Å². The van der Waals surface area contributed by atoms with Crippen LogP contribution in [0.1, 0.15) is 49.5 Å². The summed E-state index contributed by atoms with van der Waals surface area (Å²) >= 11 is 0. The van der Waals surface area contributed by atoms with Crippen molar-refractivity contribution in [2.75, 3.05) is 13.1 Å². The van der Waals surface area contributed by atoms with Crippen molar-refractivity contribution >= 4 is 5.78 Å². The first-order valence-corrected chi connectivity index (χ1v) is 7.40. The SMILES string of the molecule is CC(C)(C)N1CCC2(CC1)Cc1ccc(F)cc1C2=O. The summed E-state index contributed by atoms with van der Waals surface area (Å²) in [6.07, 6.45) is 2.57. The van der Waals surface area contributed by atoms with E-state index in [-0.39, 0.29) is 22.6 Å². The molecule has 1 aliphatic heterocycles. The van der Waals surface area contributed by atoms with E-state index in [0.717, 1.165) is 37.9 Å². The lowest BCUT2D eigenvalue weighted by Gasteiger charge is -2.44. The number of piperidine rings is 1. The molecule has 2 nitrogen and oxygen atoms in total. The van der Waals surface area contributed by atoms with Gasteiger partial charge in [0.1, 0.15) is 5.82 Å². The van der Waals surface area contributed by atoms with Gasteiger partial charge in [0.15, 0.2) is 5.78 Å². The Morgan fingerprint density at radius 2 is 1.85 bits per heavy atom. The predicted molar refractivity (Wildman–Crippen MR) is 77.4 cm³/mol. The molecule has 0 unspecified atom stereocenters. The number of ketones is 1. The van der Waals surface area contributed by atoms with E-state index in [9.17, 15) is 9.18 Å². The van der Waals surface area contributed by atoms with Gasteiger partial charge in [-0.1, -0.05) is 6.07 Å². The fourth-order valence-corrected chi connectivity index (χ4v) is 3.65. The van der Waals surface area contributed by atoms with Crippen LogP contribution in [0.15, 0.2) is 18.2 Å². The van der Waals surface area contributed by atoms with E-state index < -0.39 is 0 Å². The summed E-state index contributed by atoms with van der Waals surface area (Å²) in [5.41, 5.74) is 1.54. The molecule has 3 rings (SSSR count). The molecule has 1 spiro atoms. The fourth-order valence-electron chi connectivity index (χ4n) is 3.65. The molecule has 0 amide bonds. The average Bonchev–Trinajstić information content (AvgIpc) is 2.63. The highest BCUT2D eigenvalue weighted by molar-refractivity contribution is 6.05. The van der Waals surface area contributed by atoms with E-state index in [1.54, 1.807) is 6.07 Å². The van der Waals surface area contributed by atoms with Gasteiger partial charge >= 0.3 is 0 Å². The minimum atomic E-state index is -0.304. The van der Waals surface area contributed by atoms with Gasteiger partial charge in [-0.25, -0.2) is 4.39 Å². The van der Waals surface area contributed by atoms with Gasteiger partial charge in [0.25, 0.3) is 0 Å². The zero-order valence-corrected chi connectivity index (χ0v) is 12.5. The third-order valence-corrected chi connectivity index (χ3v) is 5.00. The molecule has 1 saturated heterocycles. The van der Waals surface area contributed by atoms with E-state index in [1.807, 2.05) is 0 Å². The number of carbonyl (C=O) groups is 1. The largest absolute Gasteiger partial charge is 0.298 e. The second kappa shape index (κ2) is 4.39. The van der Waals surface area contributed by atoms with Gasteiger partial charge in [0.05, 0.1) is 0 Å². The fraction of sp³-hybridized carbons (Fsp3) is 0.588. The van der Waals surface area contributed by atoms with E-state index in [0.29, 0.717) is 5.56 Å². The molecular weight excluding hydrogens is 253 g/mol. The number of rotatable bonds is 0. The molecule has 3 heteroatoms. The van der Waals surface area contributed by atoms with Crippen LogP contribution < -0.4 is 0 Å². The maximum absolute atomic E-state index is 13.3. The summed E-state index contributed by atoms with van der Waals surface area (Å²) in [6, 6.07) is 4.67. The Bertz CT molecular complexity index is 551. The zero-order valence-electron chi connectivity index (χ0n) is 12.5. The molecule has 1 fully saturated rings. The lowest BCUT2D eigenvalue weighted by Crippen LogP contribution is -2.50. The van der Waals surface area contributed by atoms with Gasteiger partial charge in [-0.2, -0.15) is 0 Å². The molecule has 0 N–H and O–H groups in total. The standard InChI is InChI=1S/C17H22FNO/c1-16(2,3)19-8-6-17(7-9-19)11-12-4-5-13(18)10-14(12)15(17)20/h4-5,10H,6-9,11H2,1-3H3.